The van der Waals surface area contributed by atoms with Crippen molar-refractivity contribution in [2.75, 3.05) is 11.9 Å². The Balaban J connectivity index is 1.38. The number of anilines is 1. The van der Waals surface area contributed by atoms with Gasteiger partial charge in [-0.2, -0.15) is 0 Å². The van der Waals surface area contributed by atoms with E-state index in [4.69, 9.17) is 16.3 Å². The number of hydrogen-bond donors (Lipinski definition) is 1. The van der Waals surface area contributed by atoms with Gasteiger partial charge in [0.15, 0.2) is 0 Å². The fourth-order valence-electron chi connectivity index (χ4n) is 3.28. The van der Waals surface area contributed by atoms with Gasteiger partial charge < -0.3 is 10.1 Å². The molecule has 2 aromatic rings. The average molecular weight is 300 g/mol. The van der Waals surface area contributed by atoms with E-state index >= 15 is 0 Å². The van der Waals surface area contributed by atoms with E-state index in [-0.39, 0.29) is 0 Å². The van der Waals surface area contributed by atoms with Crippen molar-refractivity contribution in [3.63, 3.8) is 0 Å². The van der Waals surface area contributed by atoms with Gasteiger partial charge in [-0.05, 0) is 60.2 Å². The van der Waals surface area contributed by atoms with Crippen molar-refractivity contribution < 1.29 is 4.74 Å². The third-order valence-corrected chi connectivity index (χ3v) is 4.75. The smallest absolute Gasteiger partial charge is 0.122 e. The highest BCUT2D eigenvalue weighted by Gasteiger charge is 2.30. The highest BCUT2D eigenvalue weighted by Crippen LogP contribution is 2.39. The topological polar surface area (TPSA) is 21.3 Å². The standard InChI is InChI=1S/C18H18ClNO/c19-15-3-1-2-12(8-15)14-10-17(11-14)20-16-4-5-18-13(9-16)6-7-21-18/h1-5,8-9,14,17,20H,6-7,10-11H2. The van der Waals surface area contributed by atoms with Crippen LogP contribution in [-0.4, -0.2) is 12.6 Å². The van der Waals surface area contributed by atoms with Gasteiger partial charge in [0.05, 0.1) is 6.61 Å². The van der Waals surface area contributed by atoms with E-state index in [0.717, 1.165) is 23.8 Å². The number of benzene rings is 2. The summed E-state index contributed by atoms with van der Waals surface area (Å²) in [6, 6.07) is 15.2. The fourth-order valence-corrected chi connectivity index (χ4v) is 3.48. The molecule has 0 saturated heterocycles. The zero-order valence-corrected chi connectivity index (χ0v) is 12.6. The molecule has 4 rings (SSSR count). The van der Waals surface area contributed by atoms with Crippen molar-refractivity contribution in [1.29, 1.82) is 0 Å². The number of halogens is 1. The molecule has 2 aromatic carbocycles. The van der Waals surface area contributed by atoms with E-state index in [9.17, 15) is 0 Å². The Bertz CT molecular complexity index is 664. The Morgan fingerprint density at radius 1 is 1.10 bits per heavy atom. The number of rotatable bonds is 3. The zero-order valence-electron chi connectivity index (χ0n) is 11.8. The van der Waals surface area contributed by atoms with Gasteiger partial charge in [-0.15, -0.1) is 0 Å². The summed E-state index contributed by atoms with van der Waals surface area (Å²) < 4.78 is 5.54. The molecular weight excluding hydrogens is 282 g/mol. The van der Waals surface area contributed by atoms with Crippen LogP contribution in [0, 0.1) is 0 Å². The summed E-state index contributed by atoms with van der Waals surface area (Å²) in [4.78, 5) is 0. The molecule has 1 aliphatic heterocycles. The summed E-state index contributed by atoms with van der Waals surface area (Å²) >= 11 is 6.06. The van der Waals surface area contributed by atoms with Crippen molar-refractivity contribution >= 4 is 17.3 Å². The van der Waals surface area contributed by atoms with E-state index in [1.807, 2.05) is 12.1 Å². The fraction of sp³-hybridized carbons (Fsp3) is 0.333. The van der Waals surface area contributed by atoms with Crippen LogP contribution in [0.25, 0.3) is 0 Å². The predicted molar refractivity (Wildman–Crippen MR) is 86.5 cm³/mol. The molecule has 1 aliphatic carbocycles. The molecule has 2 nitrogen and oxygen atoms in total. The lowest BCUT2D eigenvalue weighted by Crippen LogP contribution is -2.33. The van der Waals surface area contributed by atoms with Crippen LogP contribution in [0.15, 0.2) is 42.5 Å². The number of hydrogen-bond acceptors (Lipinski definition) is 2. The molecule has 1 N–H and O–H groups in total. The molecule has 0 radical (unpaired) electrons. The molecule has 1 heterocycles. The average Bonchev–Trinajstić information content (AvgIpc) is 2.89. The summed E-state index contributed by atoms with van der Waals surface area (Å²) in [5.74, 6) is 1.69. The quantitative estimate of drug-likeness (QED) is 0.892. The maximum absolute atomic E-state index is 6.06. The Labute approximate surface area is 130 Å². The summed E-state index contributed by atoms with van der Waals surface area (Å²) in [5.41, 5.74) is 3.91. The summed E-state index contributed by atoms with van der Waals surface area (Å²) in [7, 11) is 0. The third kappa shape index (κ3) is 2.60. The summed E-state index contributed by atoms with van der Waals surface area (Å²) in [6.07, 6.45) is 3.38. The lowest BCUT2D eigenvalue weighted by molar-refractivity contribution is 0.356. The number of fused-ring (bicyclic) bond motifs is 1. The molecule has 0 aromatic heterocycles. The van der Waals surface area contributed by atoms with Gasteiger partial charge in [-0.1, -0.05) is 23.7 Å². The molecule has 1 saturated carbocycles. The molecular formula is C18H18ClNO. The van der Waals surface area contributed by atoms with Gasteiger partial charge >= 0.3 is 0 Å². The first-order chi connectivity index (χ1) is 10.3. The molecule has 21 heavy (non-hydrogen) atoms. The first-order valence-corrected chi connectivity index (χ1v) is 7.93. The molecule has 0 unspecified atom stereocenters. The predicted octanol–water partition coefficient (Wildman–Crippen LogP) is 4.63. The van der Waals surface area contributed by atoms with Crippen molar-refractivity contribution in [1.82, 2.24) is 0 Å². The highest BCUT2D eigenvalue weighted by atomic mass is 35.5. The zero-order chi connectivity index (χ0) is 14.2. The SMILES string of the molecule is Clc1cccc(C2CC(Nc3ccc4c(c3)CCO4)C2)c1. The molecule has 1 fully saturated rings. The van der Waals surface area contributed by atoms with Gasteiger partial charge in [0.25, 0.3) is 0 Å². The lowest BCUT2D eigenvalue weighted by atomic mass is 9.76. The molecule has 108 valence electrons. The largest absolute Gasteiger partial charge is 0.493 e. The van der Waals surface area contributed by atoms with Crippen LogP contribution in [0.4, 0.5) is 5.69 Å². The Morgan fingerprint density at radius 2 is 2.00 bits per heavy atom. The lowest BCUT2D eigenvalue weighted by Gasteiger charge is -2.37. The maximum atomic E-state index is 6.06. The molecule has 0 atom stereocenters. The van der Waals surface area contributed by atoms with Crippen molar-refractivity contribution in [2.45, 2.75) is 31.2 Å². The van der Waals surface area contributed by atoms with Crippen LogP contribution in [0.1, 0.15) is 29.9 Å². The molecule has 3 heteroatoms. The van der Waals surface area contributed by atoms with Gasteiger partial charge in [-0.3, -0.25) is 0 Å². The van der Waals surface area contributed by atoms with Crippen molar-refractivity contribution in [3.8, 4) is 5.75 Å². The van der Waals surface area contributed by atoms with Gasteiger partial charge in [-0.25, -0.2) is 0 Å². The third-order valence-electron chi connectivity index (χ3n) is 4.52. The van der Waals surface area contributed by atoms with Crippen LogP contribution in [0.3, 0.4) is 0 Å². The number of nitrogens with one attached hydrogen (secondary N) is 1. The number of ether oxygens (including phenoxy) is 1. The van der Waals surface area contributed by atoms with Crippen LogP contribution in [0.5, 0.6) is 5.75 Å². The minimum atomic E-state index is 0.564. The van der Waals surface area contributed by atoms with E-state index in [1.54, 1.807) is 0 Å². The second kappa shape index (κ2) is 5.27. The first kappa shape index (κ1) is 13.0. The van der Waals surface area contributed by atoms with Gasteiger partial charge in [0.1, 0.15) is 5.75 Å². The first-order valence-electron chi connectivity index (χ1n) is 7.56. The molecule has 2 aliphatic rings. The Kier molecular flexibility index (Phi) is 3.27. The van der Waals surface area contributed by atoms with Crippen molar-refractivity contribution in [2.24, 2.45) is 0 Å². The van der Waals surface area contributed by atoms with E-state index in [0.29, 0.717) is 12.0 Å². The molecule has 0 bridgehead atoms. The second-order valence-corrected chi connectivity index (χ2v) is 6.42. The van der Waals surface area contributed by atoms with E-state index < -0.39 is 0 Å². The van der Waals surface area contributed by atoms with Crippen LogP contribution < -0.4 is 10.1 Å². The normalized spacial score (nSPS) is 23.1. The molecule has 0 amide bonds. The van der Waals surface area contributed by atoms with Crippen LogP contribution >= 0.6 is 11.6 Å². The second-order valence-electron chi connectivity index (χ2n) is 5.99. The van der Waals surface area contributed by atoms with E-state index in [2.05, 4.69) is 35.6 Å². The Hall–Kier alpha value is -1.67. The van der Waals surface area contributed by atoms with Gasteiger partial charge in [0, 0.05) is 23.2 Å². The minimum Gasteiger partial charge on any atom is -0.493 e. The van der Waals surface area contributed by atoms with E-state index in [1.165, 1.54) is 29.7 Å². The summed E-state index contributed by atoms with van der Waals surface area (Å²) in [6.45, 7) is 0.819. The summed E-state index contributed by atoms with van der Waals surface area (Å²) in [5, 5.41) is 4.47. The Morgan fingerprint density at radius 3 is 2.86 bits per heavy atom. The molecule has 0 spiro atoms. The monoisotopic (exact) mass is 299 g/mol. The minimum absolute atomic E-state index is 0.564. The van der Waals surface area contributed by atoms with Gasteiger partial charge in [0.2, 0.25) is 0 Å². The highest BCUT2D eigenvalue weighted by molar-refractivity contribution is 6.30. The van der Waals surface area contributed by atoms with Crippen LogP contribution in [-0.2, 0) is 6.42 Å². The maximum Gasteiger partial charge on any atom is 0.122 e. The van der Waals surface area contributed by atoms with Crippen molar-refractivity contribution in [3.05, 3.63) is 58.6 Å². The van der Waals surface area contributed by atoms with Crippen LogP contribution in [0.2, 0.25) is 5.02 Å².